The zero-order chi connectivity index (χ0) is 22.5. The summed E-state index contributed by atoms with van der Waals surface area (Å²) >= 11 is 6.27. The molecular formula is C21H17ClFN3O5. The number of hydrogen-bond donors (Lipinski definition) is 1. The number of esters is 2. The molecule has 3 rings (SSSR count). The predicted octanol–water partition coefficient (Wildman–Crippen LogP) is 3.56. The molecule has 10 heteroatoms. The molecule has 0 fully saturated rings. The third kappa shape index (κ3) is 5.07. The number of aromatic nitrogens is 2. The average molecular weight is 446 g/mol. The highest BCUT2D eigenvalue weighted by atomic mass is 35.5. The van der Waals surface area contributed by atoms with Gasteiger partial charge in [0, 0.05) is 5.69 Å². The van der Waals surface area contributed by atoms with Crippen LogP contribution in [0.15, 0.2) is 48.5 Å². The summed E-state index contributed by atoms with van der Waals surface area (Å²) in [5.41, 5.74) is 1.32. The highest BCUT2D eigenvalue weighted by molar-refractivity contribution is 6.33. The van der Waals surface area contributed by atoms with E-state index in [9.17, 15) is 18.8 Å². The van der Waals surface area contributed by atoms with Crippen LogP contribution < -0.4 is 5.32 Å². The highest BCUT2D eigenvalue weighted by Gasteiger charge is 2.23. The Kier molecular flexibility index (Phi) is 6.66. The lowest BCUT2D eigenvalue weighted by atomic mass is 10.2. The first kappa shape index (κ1) is 22.0. The Morgan fingerprint density at radius 1 is 1.13 bits per heavy atom. The fraction of sp³-hybridized carbons (Fsp3) is 0.143. The molecule has 0 saturated heterocycles. The number of ether oxygens (including phenoxy) is 2. The second-order valence-corrected chi connectivity index (χ2v) is 6.69. The summed E-state index contributed by atoms with van der Waals surface area (Å²) in [6.45, 7) is 0.972. The molecule has 8 nitrogen and oxygen atoms in total. The number of carbonyl (C=O) groups is 3. The second kappa shape index (κ2) is 9.40. The van der Waals surface area contributed by atoms with Gasteiger partial charge in [-0.05, 0) is 49.4 Å². The Balaban J connectivity index is 1.66. The fourth-order valence-corrected chi connectivity index (χ4v) is 3.08. The van der Waals surface area contributed by atoms with Gasteiger partial charge in [-0.3, -0.25) is 4.79 Å². The molecule has 0 saturated carbocycles. The van der Waals surface area contributed by atoms with Crippen molar-refractivity contribution in [2.24, 2.45) is 0 Å². The number of carbonyl (C=O) groups excluding carboxylic acids is 3. The lowest BCUT2D eigenvalue weighted by Gasteiger charge is -2.08. The average Bonchev–Trinajstić information content (AvgIpc) is 3.06. The first-order valence-electron chi connectivity index (χ1n) is 8.96. The molecule has 1 heterocycles. The summed E-state index contributed by atoms with van der Waals surface area (Å²) in [5.74, 6) is -2.43. The van der Waals surface area contributed by atoms with E-state index in [2.05, 4.69) is 15.2 Å². The number of aryl methyl sites for hydroxylation is 1. The molecule has 0 spiro atoms. The Morgan fingerprint density at radius 2 is 1.84 bits per heavy atom. The Hall–Kier alpha value is -3.72. The first-order valence-corrected chi connectivity index (χ1v) is 9.34. The Morgan fingerprint density at radius 3 is 2.52 bits per heavy atom. The van der Waals surface area contributed by atoms with E-state index < -0.39 is 30.3 Å². The molecule has 1 aromatic heterocycles. The molecule has 0 bridgehead atoms. The number of amides is 1. The van der Waals surface area contributed by atoms with Crippen LogP contribution in [0.2, 0.25) is 5.15 Å². The molecule has 0 unspecified atom stereocenters. The highest BCUT2D eigenvalue weighted by Crippen LogP contribution is 2.24. The van der Waals surface area contributed by atoms with Gasteiger partial charge in [0.1, 0.15) is 16.5 Å². The van der Waals surface area contributed by atoms with E-state index in [4.69, 9.17) is 16.3 Å². The van der Waals surface area contributed by atoms with Crippen molar-refractivity contribution in [3.63, 3.8) is 0 Å². The first-order chi connectivity index (χ1) is 14.8. The van der Waals surface area contributed by atoms with Crippen LogP contribution in [0.1, 0.15) is 26.4 Å². The Bertz CT molecular complexity index is 1140. The van der Waals surface area contributed by atoms with Crippen molar-refractivity contribution in [3.05, 3.63) is 76.3 Å². The zero-order valence-electron chi connectivity index (χ0n) is 16.5. The molecule has 0 aliphatic heterocycles. The van der Waals surface area contributed by atoms with E-state index >= 15 is 0 Å². The summed E-state index contributed by atoms with van der Waals surface area (Å²) < 4.78 is 24.1. The van der Waals surface area contributed by atoms with Crippen molar-refractivity contribution in [3.8, 4) is 5.69 Å². The normalized spacial score (nSPS) is 10.5. The number of hydrogen-bond acceptors (Lipinski definition) is 6. The summed E-state index contributed by atoms with van der Waals surface area (Å²) in [6.07, 6.45) is 0. The Labute approximate surface area is 181 Å². The van der Waals surface area contributed by atoms with Gasteiger partial charge in [-0.2, -0.15) is 5.10 Å². The minimum atomic E-state index is -0.839. The van der Waals surface area contributed by atoms with Crippen LogP contribution in [-0.2, 0) is 14.3 Å². The molecule has 31 heavy (non-hydrogen) atoms. The van der Waals surface area contributed by atoms with Crippen molar-refractivity contribution >= 4 is 35.1 Å². The summed E-state index contributed by atoms with van der Waals surface area (Å²) in [6, 6.07) is 11.5. The third-order valence-electron chi connectivity index (χ3n) is 4.18. The molecule has 2 aromatic carbocycles. The number of nitrogens with one attached hydrogen (secondary N) is 1. The molecule has 160 valence electrons. The van der Waals surface area contributed by atoms with Gasteiger partial charge in [0.05, 0.1) is 24.1 Å². The van der Waals surface area contributed by atoms with Crippen LogP contribution in [-0.4, -0.2) is 41.3 Å². The van der Waals surface area contributed by atoms with Gasteiger partial charge in [-0.1, -0.05) is 17.7 Å². The fourth-order valence-electron chi connectivity index (χ4n) is 2.73. The van der Waals surface area contributed by atoms with Crippen molar-refractivity contribution in [2.75, 3.05) is 19.0 Å². The minimum Gasteiger partial charge on any atom is -0.465 e. The van der Waals surface area contributed by atoms with Crippen LogP contribution >= 0.6 is 11.6 Å². The molecular weight excluding hydrogens is 429 g/mol. The topological polar surface area (TPSA) is 99.5 Å². The SMILES string of the molecule is COC(=O)c1cccc(NC(=O)COC(=O)c2c(C)nn(-c3ccc(F)cc3)c2Cl)c1. The zero-order valence-corrected chi connectivity index (χ0v) is 17.3. The van der Waals surface area contributed by atoms with Crippen LogP contribution in [0.5, 0.6) is 0 Å². The lowest BCUT2D eigenvalue weighted by Crippen LogP contribution is -2.21. The maximum absolute atomic E-state index is 13.1. The third-order valence-corrected chi connectivity index (χ3v) is 4.53. The van der Waals surface area contributed by atoms with Crippen LogP contribution in [0.3, 0.4) is 0 Å². The number of benzene rings is 2. The van der Waals surface area contributed by atoms with Crippen LogP contribution in [0.4, 0.5) is 10.1 Å². The number of nitrogens with zero attached hydrogens (tertiary/aromatic N) is 2. The quantitative estimate of drug-likeness (QED) is 0.582. The minimum absolute atomic E-state index is 0.00789. The van der Waals surface area contributed by atoms with E-state index in [-0.39, 0.29) is 22.0 Å². The number of halogens is 2. The van der Waals surface area contributed by atoms with Crippen molar-refractivity contribution in [1.29, 1.82) is 0 Å². The van der Waals surface area contributed by atoms with Crippen molar-refractivity contribution in [1.82, 2.24) is 9.78 Å². The van der Waals surface area contributed by atoms with E-state index in [0.717, 1.165) is 0 Å². The summed E-state index contributed by atoms with van der Waals surface area (Å²) in [7, 11) is 1.25. The molecule has 0 atom stereocenters. The molecule has 1 amide bonds. The van der Waals surface area contributed by atoms with E-state index in [1.54, 1.807) is 19.1 Å². The summed E-state index contributed by atoms with van der Waals surface area (Å²) in [5, 5.41) is 6.67. The van der Waals surface area contributed by atoms with Gasteiger partial charge in [0.15, 0.2) is 6.61 Å². The lowest BCUT2D eigenvalue weighted by molar-refractivity contribution is -0.119. The molecule has 3 aromatic rings. The predicted molar refractivity (Wildman–Crippen MR) is 110 cm³/mol. The van der Waals surface area contributed by atoms with Gasteiger partial charge in [-0.15, -0.1) is 0 Å². The molecule has 0 aliphatic rings. The standard InChI is InChI=1S/C21H17ClFN3O5/c1-12-18(19(22)26(25-12)16-8-6-14(23)7-9-16)21(29)31-11-17(27)24-15-5-3-4-13(10-15)20(28)30-2/h3-10H,11H2,1-2H3,(H,24,27). The van der Waals surface area contributed by atoms with E-state index in [0.29, 0.717) is 11.4 Å². The number of anilines is 1. The van der Waals surface area contributed by atoms with Gasteiger partial charge in [0.2, 0.25) is 0 Å². The van der Waals surface area contributed by atoms with Crippen molar-refractivity contribution < 1.29 is 28.2 Å². The van der Waals surface area contributed by atoms with Gasteiger partial charge >= 0.3 is 11.9 Å². The monoisotopic (exact) mass is 445 g/mol. The maximum atomic E-state index is 13.1. The van der Waals surface area contributed by atoms with Crippen LogP contribution in [0.25, 0.3) is 5.69 Å². The van der Waals surface area contributed by atoms with Gasteiger partial charge in [0.25, 0.3) is 5.91 Å². The number of methoxy groups -OCH3 is 1. The van der Waals surface area contributed by atoms with Crippen molar-refractivity contribution in [2.45, 2.75) is 6.92 Å². The smallest absolute Gasteiger partial charge is 0.343 e. The molecule has 0 aliphatic carbocycles. The van der Waals surface area contributed by atoms with Gasteiger partial charge < -0.3 is 14.8 Å². The van der Waals surface area contributed by atoms with E-state index in [1.165, 1.54) is 48.2 Å². The van der Waals surface area contributed by atoms with E-state index in [1.807, 2.05) is 0 Å². The number of rotatable bonds is 6. The maximum Gasteiger partial charge on any atom is 0.343 e. The molecule has 1 N–H and O–H groups in total. The largest absolute Gasteiger partial charge is 0.465 e. The molecule has 0 radical (unpaired) electrons. The second-order valence-electron chi connectivity index (χ2n) is 6.34. The van der Waals surface area contributed by atoms with Gasteiger partial charge in [-0.25, -0.2) is 18.7 Å². The van der Waals surface area contributed by atoms with Crippen LogP contribution in [0, 0.1) is 12.7 Å². The summed E-state index contributed by atoms with van der Waals surface area (Å²) in [4.78, 5) is 36.2.